The van der Waals surface area contributed by atoms with Gasteiger partial charge < -0.3 is 5.11 Å². The molecule has 0 fully saturated rings. The SMILES string of the molecule is C=C(C(=O)O)c1ccc(-c2ccc(F)cc2F)c(F)c1.Cc1ccccc1. The molecule has 3 rings (SSSR count). The molecule has 0 spiro atoms. The molecule has 2 nitrogen and oxygen atoms in total. The number of aryl methyl sites for hydroxylation is 1. The molecule has 27 heavy (non-hydrogen) atoms. The number of benzene rings is 3. The van der Waals surface area contributed by atoms with Crippen LogP contribution in [-0.2, 0) is 4.79 Å². The van der Waals surface area contributed by atoms with Gasteiger partial charge >= 0.3 is 5.97 Å². The van der Waals surface area contributed by atoms with Gasteiger partial charge in [0.1, 0.15) is 17.5 Å². The van der Waals surface area contributed by atoms with E-state index in [9.17, 15) is 18.0 Å². The van der Waals surface area contributed by atoms with Gasteiger partial charge in [0.15, 0.2) is 0 Å². The number of hydrogen-bond donors (Lipinski definition) is 1. The Labute approximate surface area is 155 Å². The Morgan fingerprint density at radius 1 is 0.852 bits per heavy atom. The quantitative estimate of drug-likeness (QED) is 0.586. The van der Waals surface area contributed by atoms with Gasteiger partial charge in [0.05, 0.1) is 5.57 Å². The standard InChI is InChI=1S/C15H9F3O2.C7H8/c1-8(15(19)20)9-2-4-11(13(17)6-9)12-5-3-10(16)7-14(12)18;1-7-5-3-2-4-6-7/h2-7H,1H2,(H,19,20);2-6H,1H3. The maximum atomic E-state index is 13.9. The summed E-state index contributed by atoms with van der Waals surface area (Å²) in [6.07, 6.45) is 0. The van der Waals surface area contributed by atoms with Gasteiger partial charge in [-0.05, 0) is 30.7 Å². The lowest BCUT2D eigenvalue weighted by atomic mass is 10.00. The van der Waals surface area contributed by atoms with Crippen LogP contribution in [0.1, 0.15) is 11.1 Å². The van der Waals surface area contributed by atoms with Crippen LogP contribution in [0.15, 0.2) is 73.3 Å². The zero-order valence-electron chi connectivity index (χ0n) is 14.5. The summed E-state index contributed by atoms with van der Waals surface area (Å²) in [5.41, 5.74) is 0.958. The molecule has 0 amide bonds. The molecule has 3 aromatic rings. The van der Waals surface area contributed by atoms with E-state index in [0.29, 0.717) is 6.07 Å². The maximum absolute atomic E-state index is 13.9. The molecule has 5 heteroatoms. The zero-order chi connectivity index (χ0) is 20.0. The number of carboxylic acid groups (broad SMARTS) is 1. The second kappa shape index (κ2) is 8.85. The Balaban J connectivity index is 0.000000313. The Morgan fingerprint density at radius 3 is 1.85 bits per heavy atom. The van der Waals surface area contributed by atoms with Gasteiger partial charge in [-0.25, -0.2) is 18.0 Å². The molecule has 0 saturated heterocycles. The lowest BCUT2D eigenvalue weighted by Gasteiger charge is -2.07. The number of halogens is 3. The monoisotopic (exact) mass is 370 g/mol. The van der Waals surface area contributed by atoms with E-state index in [1.54, 1.807) is 0 Å². The average molecular weight is 370 g/mol. The van der Waals surface area contributed by atoms with Crippen molar-refractivity contribution in [3.63, 3.8) is 0 Å². The largest absolute Gasteiger partial charge is 0.478 e. The van der Waals surface area contributed by atoms with Crippen LogP contribution in [0, 0.1) is 24.4 Å². The third kappa shape index (κ3) is 5.31. The third-order valence-corrected chi connectivity index (χ3v) is 3.74. The van der Waals surface area contributed by atoms with Crippen LogP contribution < -0.4 is 0 Å². The van der Waals surface area contributed by atoms with Crippen molar-refractivity contribution < 1.29 is 23.1 Å². The van der Waals surface area contributed by atoms with Crippen molar-refractivity contribution in [2.45, 2.75) is 6.92 Å². The highest BCUT2D eigenvalue weighted by molar-refractivity contribution is 6.14. The summed E-state index contributed by atoms with van der Waals surface area (Å²) in [5.74, 6) is -3.74. The minimum absolute atomic E-state index is 0.0792. The molecule has 0 radical (unpaired) electrons. The normalized spacial score (nSPS) is 9.93. The van der Waals surface area contributed by atoms with Gasteiger partial charge in [0.2, 0.25) is 0 Å². The van der Waals surface area contributed by atoms with Crippen LogP contribution >= 0.6 is 0 Å². The van der Waals surface area contributed by atoms with E-state index in [1.165, 1.54) is 17.7 Å². The zero-order valence-corrected chi connectivity index (χ0v) is 14.5. The number of carbonyl (C=O) groups is 1. The van der Waals surface area contributed by atoms with Crippen molar-refractivity contribution in [1.82, 2.24) is 0 Å². The summed E-state index contributed by atoms with van der Waals surface area (Å²) in [5, 5.41) is 8.76. The first-order chi connectivity index (χ1) is 12.8. The molecule has 0 atom stereocenters. The summed E-state index contributed by atoms with van der Waals surface area (Å²) in [6.45, 7) is 5.39. The van der Waals surface area contributed by atoms with E-state index in [4.69, 9.17) is 5.11 Å². The highest BCUT2D eigenvalue weighted by Gasteiger charge is 2.14. The molecular formula is C22H17F3O2. The van der Waals surface area contributed by atoms with Gasteiger partial charge in [-0.15, -0.1) is 0 Å². The van der Waals surface area contributed by atoms with Gasteiger partial charge in [0.25, 0.3) is 0 Å². The van der Waals surface area contributed by atoms with Crippen molar-refractivity contribution in [2.75, 3.05) is 0 Å². The van der Waals surface area contributed by atoms with Crippen molar-refractivity contribution in [3.05, 3.63) is 102 Å². The molecule has 0 aliphatic carbocycles. The summed E-state index contributed by atoms with van der Waals surface area (Å²) in [4.78, 5) is 10.7. The van der Waals surface area contributed by atoms with Gasteiger partial charge in [-0.3, -0.25) is 0 Å². The first-order valence-corrected chi connectivity index (χ1v) is 7.98. The molecule has 0 heterocycles. The number of rotatable bonds is 3. The van der Waals surface area contributed by atoms with Crippen LogP contribution in [0.3, 0.4) is 0 Å². The fourth-order valence-corrected chi connectivity index (χ4v) is 2.29. The molecule has 3 aromatic carbocycles. The van der Waals surface area contributed by atoms with E-state index in [0.717, 1.165) is 18.2 Å². The van der Waals surface area contributed by atoms with Crippen molar-refractivity contribution in [1.29, 1.82) is 0 Å². The minimum Gasteiger partial charge on any atom is -0.478 e. The molecule has 138 valence electrons. The third-order valence-electron chi connectivity index (χ3n) is 3.74. The Kier molecular flexibility index (Phi) is 6.55. The second-order valence-electron chi connectivity index (χ2n) is 5.76. The lowest BCUT2D eigenvalue weighted by Crippen LogP contribution is -1.99. The first kappa shape index (κ1) is 20.0. The number of aliphatic carboxylic acids is 1. The Bertz CT molecular complexity index is 967. The Hall–Kier alpha value is -3.34. The van der Waals surface area contributed by atoms with Crippen LogP contribution in [0.25, 0.3) is 16.7 Å². The maximum Gasteiger partial charge on any atom is 0.335 e. The molecular weight excluding hydrogens is 353 g/mol. The molecule has 1 N–H and O–H groups in total. The summed E-state index contributed by atoms with van der Waals surface area (Å²) in [7, 11) is 0. The van der Waals surface area contributed by atoms with Gasteiger partial charge in [0, 0.05) is 17.2 Å². The summed E-state index contributed by atoms with van der Waals surface area (Å²) < 4.78 is 40.3. The van der Waals surface area contributed by atoms with E-state index in [-0.39, 0.29) is 22.3 Å². The second-order valence-corrected chi connectivity index (χ2v) is 5.76. The predicted octanol–water partition coefficient (Wildman–Crippen LogP) is 5.86. The van der Waals surface area contributed by atoms with E-state index in [1.807, 2.05) is 18.2 Å². The van der Waals surface area contributed by atoms with E-state index in [2.05, 4.69) is 25.6 Å². The summed E-state index contributed by atoms with van der Waals surface area (Å²) >= 11 is 0. The van der Waals surface area contributed by atoms with Crippen LogP contribution in [0.2, 0.25) is 0 Å². The fourth-order valence-electron chi connectivity index (χ4n) is 2.29. The summed E-state index contributed by atoms with van der Waals surface area (Å²) in [6, 6.07) is 16.6. The van der Waals surface area contributed by atoms with Crippen molar-refractivity contribution in [3.8, 4) is 11.1 Å². The number of carboxylic acids is 1. The van der Waals surface area contributed by atoms with Crippen molar-refractivity contribution in [2.24, 2.45) is 0 Å². The van der Waals surface area contributed by atoms with Crippen LogP contribution in [0.5, 0.6) is 0 Å². The van der Waals surface area contributed by atoms with E-state index >= 15 is 0 Å². The minimum atomic E-state index is -1.27. The highest BCUT2D eigenvalue weighted by atomic mass is 19.1. The highest BCUT2D eigenvalue weighted by Crippen LogP contribution is 2.28. The molecule has 0 unspecified atom stereocenters. The molecule has 0 aliphatic heterocycles. The predicted molar refractivity (Wildman–Crippen MR) is 99.6 cm³/mol. The topological polar surface area (TPSA) is 37.3 Å². The first-order valence-electron chi connectivity index (χ1n) is 7.98. The molecule has 0 aliphatic rings. The van der Waals surface area contributed by atoms with E-state index < -0.39 is 23.4 Å². The smallest absolute Gasteiger partial charge is 0.335 e. The fraction of sp³-hybridized carbons (Fsp3) is 0.0455. The Morgan fingerprint density at radius 2 is 1.41 bits per heavy atom. The van der Waals surface area contributed by atoms with Crippen LogP contribution in [0.4, 0.5) is 13.2 Å². The average Bonchev–Trinajstić information content (AvgIpc) is 2.63. The lowest BCUT2D eigenvalue weighted by molar-refractivity contribution is -0.130. The molecule has 0 bridgehead atoms. The van der Waals surface area contributed by atoms with Crippen molar-refractivity contribution >= 4 is 11.5 Å². The number of hydrogen-bond acceptors (Lipinski definition) is 1. The van der Waals surface area contributed by atoms with Gasteiger partial charge in [-0.1, -0.05) is 54.6 Å². The van der Waals surface area contributed by atoms with Gasteiger partial charge in [-0.2, -0.15) is 0 Å². The van der Waals surface area contributed by atoms with Crippen LogP contribution in [-0.4, -0.2) is 11.1 Å². The molecule has 0 aromatic heterocycles. The molecule has 0 saturated carbocycles.